The summed E-state index contributed by atoms with van der Waals surface area (Å²) < 4.78 is 27.0. The van der Waals surface area contributed by atoms with Gasteiger partial charge in [0.1, 0.15) is 11.6 Å². The Kier molecular flexibility index (Phi) is 4.53. The molecule has 1 atom stereocenters. The van der Waals surface area contributed by atoms with Crippen LogP contribution in [-0.4, -0.2) is 23.5 Å². The number of carbonyl (C=O) groups is 2. The average molecular weight is 345 g/mol. The second kappa shape index (κ2) is 6.63. The third-order valence-corrected chi connectivity index (χ3v) is 4.61. The van der Waals surface area contributed by atoms with Gasteiger partial charge in [-0.15, -0.1) is 0 Å². The molecule has 0 saturated heterocycles. The fourth-order valence-electron chi connectivity index (χ4n) is 3.00. The number of aliphatic carboxylic acids is 1. The van der Waals surface area contributed by atoms with Crippen molar-refractivity contribution in [3.63, 3.8) is 0 Å². The number of hydrogen-bond acceptors (Lipinski definition) is 2. The lowest BCUT2D eigenvalue weighted by Gasteiger charge is -2.19. The number of carboxylic acid groups (broad SMARTS) is 1. The minimum Gasteiger partial charge on any atom is -0.481 e. The quantitative estimate of drug-likeness (QED) is 0.846. The van der Waals surface area contributed by atoms with Crippen LogP contribution in [0, 0.1) is 11.6 Å². The van der Waals surface area contributed by atoms with Crippen molar-refractivity contribution in [1.82, 2.24) is 5.32 Å². The van der Waals surface area contributed by atoms with E-state index in [4.69, 9.17) is 0 Å². The van der Waals surface area contributed by atoms with Gasteiger partial charge in [0.15, 0.2) is 0 Å². The van der Waals surface area contributed by atoms with Crippen molar-refractivity contribution in [2.24, 2.45) is 0 Å². The fourth-order valence-corrected chi connectivity index (χ4v) is 3.00. The van der Waals surface area contributed by atoms with Crippen molar-refractivity contribution in [3.8, 4) is 0 Å². The molecule has 2 N–H and O–H groups in total. The molecule has 1 fully saturated rings. The summed E-state index contributed by atoms with van der Waals surface area (Å²) in [5.41, 5.74) is -0.192. The number of nitrogens with one attached hydrogen (secondary N) is 1. The largest absolute Gasteiger partial charge is 0.481 e. The molecular weight excluding hydrogens is 328 g/mol. The molecule has 0 heterocycles. The van der Waals surface area contributed by atoms with Crippen LogP contribution in [0.25, 0.3) is 0 Å². The Hall–Kier alpha value is -2.76. The van der Waals surface area contributed by atoms with Crippen LogP contribution < -0.4 is 5.32 Å². The Morgan fingerprint density at radius 3 is 2.28 bits per heavy atom. The maximum Gasteiger partial charge on any atom is 0.312 e. The van der Waals surface area contributed by atoms with E-state index in [1.807, 2.05) is 0 Å². The highest BCUT2D eigenvalue weighted by Crippen LogP contribution is 2.49. The van der Waals surface area contributed by atoms with E-state index in [0.29, 0.717) is 24.0 Å². The van der Waals surface area contributed by atoms with Crippen LogP contribution in [-0.2, 0) is 15.0 Å². The Bertz CT molecular complexity index is 801. The second-order valence-electron chi connectivity index (χ2n) is 6.21. The molecule has 1 unspecified atom stereocenters. The standard InChI is InChI=1S/C19H17F2NO3/c20-13-7-5-12(6-8-13)14(17(23)24)11-22-18(25)19(9-10-19)15-3-1-2-4-16(15)21/h1-8,14H,9-11H2,(H,22,25)(H,23,24). The van der Waals surface area contributed by atoms with Crippen LogP contribution in [0.4, 0.5) is 8.78 Å². The van der Waals surface area contributed by atoms with Crippen LogP contribution >= 0.6 is 0 Å². The zero-order valence-electron chi connectivity index (χ0n) is 13.3. The van der Waals surface area contributed by atoms with Gasteiger partial charge in [0, 0.05) is 12.1 Å². The first-order valence-corrected chi connectivity index (χ1v) is 7.95. The number of carbonyl (C=O) groups excluding carboxylic acids is 1. The van der Waals surface area contributed by atoms with Gasteiger partial charge in [-0.25, -0.2) is 8.78 Å². The highest BCUT2D eigenvalue weighted by atomic mass is 19.1. The zero-order chi connectivity index (χ0) is 18.0. The van der Waals surface area contributed by atoms with Gasteiger partial charge in [-0.1, -0.05) is 30.3 Å². The number of amides is 1. The SMILES string of the molecule is O=C(O)C(CNC(=O)C1(c2ccccc2F)CC1)c1ccc(F)cc1. The number of hydrogen-bond donors (Lipinski definition) is 2. The van der Waals surface area contributed by atoms with E-state index in [0.717, 1.165) is 0 Å². The molecule has 1 aliphatic carbocycles. The first-order chi connectivity index (χ1) is 11.9. The summed E-state index contributed by atoms with van der Waals surface area (Å²) in [5, 5.41) is 12.0. The van der Waals surface area contributed by atoms with E-state index in [1.54, 1.807) is 18.2 Å². The molecule has 2 aromatic rings. The Labute approximate surface area is 143 Å². The lowest BCUT2D eigenvalue weighted by Crippen LogP contribution is -2.39. The average Bonchev–Trinajstić information content (AvgIpc) is 3.38. The molecule has 130 valence electrons. The second-order valence-corrected chi connectivity index (χ2v) is 6.21. The summed E-state index contributed by atoms with van der Waals surface area (Å²) in [6.07, 6.45) is 1.04. The monoisotopic (exact) mass is 345 g/mol. The molecule has 4 nitrogen and oxygen atoms in total. The molecule has 0 spiro atoms. The molecule has 1 aliphatic rings. The molecule has 0 radical (unpaired) electrons. The first-order valence-electron chi connectivity index (χ1n) is 7.95. The molecule has 6 heteroatoms. The van der Waals surface area contributed by atoms with E-state index in [-0.39, 0.29) is 12.5 Å². The van der Waals surface area contributed by atoms with E-state index in [1.165, 1.54) is 30.3 Å². The zero-order valence-corrected chi connectivity index (χ0v) is 13.3. The van der Waals surface area contributed by atoms with Crippen molar-refractivity contribution >= 4 is 11.9 Å². The Balaban J connectivity index is 1.73. The smallest absolute Gasteiger partial charge is 0.312 e. The number of carboxylic acids is 1. The van der Waals surface area contributed by atoms with E-state index in [2.05, 4.69) is 5.32 Å². The normalized spacial score (nSPS) is 16.1. The number of halogens is 2. The predicted molar refractivity (Wildman–Crippen MR) is 87.1 cm³/mol. The van der Waals surface area contributed by atoms with Gasteiger partial charge in [-0.05, 0) is 36.6 Å². The Morgan fingerprint density at radius 2 is 1.72 bits per heavy atom. The summed E-state index contributed by atoms with van der Waals surface area (Å²) in [7, 11) is 0. The van der Waals surface area contributed by atoms with Gasteiger partial charge < -0.3 is 10.4 Å². The molecule has 25 heavy (non-hydrogen) atoms. The van der Waals surface area contributed by atoms with Crippen LogP contribution in [0.3, 0.4) is 0 Å². The van der Waals surface area contributed by atoms with Crippen LogP contribution in [0.2, 0.25) is 0 Å². The summed E-state index contributed by atoms with van der Waals surface area (Å²) in [4.78, 5) is 24.0. The van der Waals surface area contributed by atoms with Crippen LogP contribution in [0.5, 0.6) is 0 Å². The van der Waals surface area contributed by atoms with Crippen LogP contribution in [0.1, 0.15) is 29.9 Å². The van der Waals surface area contributed by atoms with E-state index in [9.17, 15) is 23.5 Å². The molecule has 0 bridgehead atoms. The van der Waals surface area contributed by atoms with E-state index < -0.39 is 28.9 Å². The minimum absolute atomic E-state index is 0.143. The topological polar surface area (TPSA) is 66.4 Å². The molecule has 1 amide bonds. The van der Waals surface area contributed by atoms with Crippen molar-refractivity contribution < 1.29 is 23.5 Å². The van der Waals surface area contributed by atoms with Gasteiger partial charge in [0.05, 0.1) is 11.3 Å². The van der Waals surface area contributed by atoms with Crippen molar-refractivity contribution in [2.75, 3.05) is 6.54 Å². The predicted octanol–water partition coefficient (Wildman–Crippen LogP) is 2.98. The molecular formula is C19H17F2NO3. The summed E-state index contributed by atoms with van der Waals surface area (Å²) in [6, 6.07) is 11.2. The number of rotatable bonds is 6. The third-order valence-electron chi connectivity index (χ3n) is 4.61. The Morgan fingerprint density at radius 1 is 1.08 bits per heavy atom. The number of benzene rings is 2. The maximum absolute atomic E-state index is 14.0. The molecule has 0 aliphatic heterocycles. The fraction of sp³-hybridized carbons (Fsp3) is 0.263. The molecule has 3 rings (SSSR count). The van der Waals surface area contributed by atoms with Crippen molar-refractivity contribution in [2.45, 2.75) is 24.2 Å². The maximum atomic E-state index is 14.0. The van der Waals surface area contributed by atoms with Gasteiger partial charge in [0.2, 0.25) is 5.91 Å². The van der Waals surface area contributed by atoms with E-state index >= 15 is 0 Å². The summed E-state index contributed by atoms with van der Waals surface area (Å²) in [5.74, 6) is -3.41. The van der Waals surface area contributed by atoms with Crippen molar-refractivity contribution in [3.05, 3.63) is 71.3 Å². The minimum atomic E-state index is -1.12. The highest BCUT2D eigenvalue weighted by molar-refractivity contribution is 5.91. The van der Waals surface area contributed by atoms with Gasteiger partial charge in [-0.2, -0.15) is 0 Å². The van der Waals surface area contributed by atoms with Crippen molar-refractivity contribution in [1.29, 1.82) is 0 Å². The summed E-state index contributed by atoms with van der Waals surface area (Å²) in [6.45, 7) is -0.143. The highest BCUT2D eigenvalue weighted by Gasteiger charge is 2.52. The molecule has 2 aromatic carbocycles. The lowest BCUT2D eigenvalue weighted by atomic mass is 9.93. The molecule has 1 saturated carbocycles. The lowest BCUT2D eigenvalue weighted by molar-refractivity contribution is -0.138. The van der Waals surface area contributed by atoms with Gasteiger partial charge in [-0.3, -0.25) is 9.59 Å². The summed E-state index contributed by atoms with van der Waals surface area (Å²) >= 11 is 0. The first kappa shape index (κ1) is 17.1. The van der Waals surface area contributed by atoms with Crippen LogP contribution in [0.15, 0.2) is 48.5 Å². The molecule has 0 aromatic heterocycles. The van der Waals surface area contributed by atoms with Gasteiger partial charge >= 0.3 is 5.97 Å². The third kappa shape index (κ3) is 3.38. The van der Waals surface area contributed by atoms with Gasteiger partial charge in [0.25, 0.3) is 0 Å².